The van der Waals surface area contributed by atoms with Gasteiger partial charge in [0.25, 0.3) is 0 Å². The molecule has 0 spiro atoms. The second-order valence-corrected chi connectivity index (χ2v) is 6.30. The molecule has 1 heterocycles. The van der Waals surface area contributed by atoms with E-state index in [2.05, 4.69) is 22.1 Å². The van der Waals surface area contributed by atoms with Crippen molar-refractivity contribution in [3.63, 3.8) is 0 Å². The van der Waals surface area contributed by atoms with Crippen molar-refractivity contribution in [3.8, 4) is 11.5 Å². The second-order valence-electron chi connectivity index (χ2n) is 4.95. The topological polar surface area (TPSA) is 78.3 Å². The van der Waals surface area contributed by atoms with Gasteiger partial charge in [0.15, 0.2) is 5.16 Å². The Morgan fingerprint density at radius 1 is 1.36 bits per heavy atom. The smallest absolute Gasteiger partial charge is 0.234 e. The van der Waals surface area contributed by atoms with Gasteiger partial charge in [-0.05, 0) is 6.92 Å². The third-order valence-electron chi connectivity index (χ3n) is 3.29. The first-order valence-electron chi connectivity index (χ1n) is 7.35. The third kappa shape index (κ3) is 4.67. The molecule has 0 fully saturated rings. The highest BCUT2D eigenvalue weighted by Gasteiger charge is 2.15. The van der Waals surface area contributed by atoms with Gasteiger partial charge >= 0.3 is 0 Å². The van der Waals surface area contributed by atoms with Crippen LogP contribution in [0.25, 0.3) is 0 Å². The van der Waals surface area contributed by atoms with Crippen LogP contribution in [0.5, 0.6) is 11.5 Å². The van der Waals surface area contributed by atoms with Gasteiger partial charge in [-0.15, -0.1) is 16.8 Å². The molecule has 0 aliphatic carbocycles. The van der Waals surface area contributed by atoms with Crippen molar-refractivity contribution in [2.45, 2.75) is 18.6 Å². The first-order valence-corrected chi connectivity index (χ1v) is 8.71. The van der Waals surface area contributed by atoms with Gasteiger partial charge in [0, 0.05) is 18.7 Å². The molecule has 134 valence electrons. The summed E-state index contributed by atoms with van der Waals surface area (Å²) in [5, 5.41) is 11.9. The molecule has 0 saturated carbocycles. The molecule has 0 aliphatic heterocycles. The monoisotopic (exact) mass is 382 g/mol. The van der Waals surface area contributed by atoms with Crippen molar-refractivity contribution in [2.24, 2.45) is 0 Å². The molecule has 0 aliphatic rings. The minimum Gasteiger partial charge on any atom is -0.495 e. The maximum Gasteiger partial charge on any atom is 0.234 e. The number of aryl methyl sites for hydroxylation is 1. The van der Waals surface area contributed by atoms with E-state index in [0.29, 0.717) is 33.9 Å². The van der Waals surface area contributed by atoms with Crippen molar-refractivity contribution in [2.75, 3.05) is 25.3 Å². The van der Waals surface area contributed by atoms with Crippen LogP contribution < -0.4 is 14.8 Å². The van der Waals surface area contributed by atoms with Crippen LogP contribution in [0.1, 0.15) is 5.82 Å². The Morgan fingerprint density at radius 3 is 2.72 bits per heavy atom. The normalized spacial score (nSPS) is 10.4. The van der Waals surface area contributed by atoms with Crippen LogP contribution >= 0.6 is 23.4 Å². The van der Waals surface area contributed by atoms with E-state index in [1.54, 1.807) is 18.2 Å². The first-order chi connectivity index (χ1) is 12.0. The molecule has 0 unspecified atom stereocenters. The summed E-state index contributed by atoms with van der Waals surface area (Å²) in [7, 11) is 3.01. The number of carbonyl (C=O) groups excluding carboxylic acids is 1. The summed E-state index contributed by atoms with van der Waals surface area (Å²) in [6.45, 7) is 6.15. The lowest BCUT2D eigenvalue weighted by atomic mass is 10.2. The zero-order valence-corrected chi connectivity index (χ0v) is 15.8. The lowest BCUT2D eigenvalue weighted by molar-refractivity contribution is -0.113. The van der Waals surface area contributed by atoms with Crippen LogP contribution in [0.3, 0.4) is 0 Å². The highest BCUT2D eigenvalue weighted by Crippen LogP contribution is 2.36. The number of aromatic nitrogens is 3. The number of amides is 1. The van der Waals surface area contributed by atoms with E-state index in [9.17, 15) is 4.79 Å². The predicted octanol–water partition coefficient (Wildman–Crippen LogP) is 3.17. The number of nitrogens with one attached hydrogen (secondary N) is 1. The Kier molecular flexibility index (Phi) is 6.72. The molecule has 1 amide bonds. The molecular weight excluding hydrogens is 364 g/mol. The number of methoxy groups -OCH3 is 2. The standard InChI is InChI=1S/C16H19ClN4O3S/c1-5-6-21-10(2)19-20-16(21)25-9-15(22)18-12-8-13(23-3)11(17)7-14(12)24-4/h5,7-8H,1,6,9H2,2-4H3,(H,18,22). The molecule has 0 atom stereocenters. The van der Waals surface area contributed by atoms with E-state index in [0.717, 1.165) is 5.82 Å². The Bertz CT molecular complexity index is 779. The van der Waals surface area contributed by atoms with Crippen LogP contribution in [0.4, 0.5) is 5.69 Å². The van der Waals surface area contributed by atoms with E-state index in [1.807, 2.05) is 11.5 Å². The lowest BCUT2D eigenvalue weighted by Gasteiger charge is -2.13. The molecular formula is C16H19ClN4O3S. The average Bonchev–Trinajstić information content (AvgIpc) is 2.94. The largest absolute Gasteiger partial charge is 0.495 e. The van der Waals surface area contributed by atoms with Crippen LogP contribution in [0.2, 0.25) is 5.02 Å². The molecule has 0 saturated heterocycles. The number of rotatable bonds is 8. The van der Waals surface area contributed by atoms with Crippen molar-refractivity contribution in [1.29, 1.82) is 0 Å². The van der Waals surface area contributed by atoms with Crippen LogP contribution in [0, 0.1) is 6.92 Å². The maximum atomic E-state index is 12.3. The number of halogens is 1. The molecule has 1 N–H and O–H groups in total. The Hall–Kier alpha value is -2.19. The van der Waals surface area contributed by atoms with E-state index < -0.39 is 0 Å². The van der Waals surface area contributed by atoms with Gasteiger partial charge in [-0.3, -0.25) is 4.79 Å². The maximum absolute atomic E-state index is 12.3. The predicted molar refractivity (Wildman–Crippen MR) is 98.9 cm³/mol. The highest BCUT2D eigenvalue weighted by molar-refractivity contribution is 7.99. The minimum absolute atomic E-state index is 0.170. The molecule has 9 heteroatoms. The van der Waals surface area contributed by atoms with Gasteiger partial charge in [0.1, 0.15) is 17.3 Å². The molecule has 1 aromatic heterocycles. The third-order valence-corrected chi connectivity index (χ3v) is 4.56. The van der Waals surface area contributed by atoms with Crippen molar-refractivity contribution >= 4 is 35.0 Å². The number of hydrogen-bond acceptors (Lipinski definition) is 6. The van der Waals surface area contributed by atoms with Crippen molar-refractivity contribution in [1.82, 2.24) is 14.8 Å². The fourth-order valence-corrected chi connectivity index (χ4v) is 3.11. The van der Waals surface area contributed by atoms with Crippen LogP contribution in [-0.4, -0.2) is 40.6 Å². The number of thioether (sulfide) groups is 1. The summed E-state index contributed by atoms with van der Waals surface area (Å²) in [4.78, 5) is 12.3. The van der Waals surface area contributed by atoms with Gasteiger partial charge in [0.05, 0.1) is 30.7 Å². The Labute approximate surface area is 155 Å². The van der Waals surface area contributed by atoms with E-state index in [4.69, 9.17) is 21.1 Å². The van der Waals surface area contributed by atoms with Gasteiger partial charge in [-0.2, -0.15) is 0 Å². The molecule has 1 aromatic carbocycles. The fourth-order valence-electron chi connectivity index (χ4n) is 2.08. The summed E-state index contributed by atoms with van der Waals surface area (Å²) in [5.41, 5.74) is 0.484. The lowest BCUT2D eigenvalue weighted by Crippen LogP contribution is -2.15. The number of nitrogens with zero attached hydrogens (tertiary/aromatic N) is 3. The second kappa shape index (κ2) is 8.77. The number of benzene rings is 1. The van der Waals surface area contributed by atoms with Crippen molar-refractivity contribution < 1.29 is 14.3 Å². The molecule has 2 aromatic rings. The van der Waals surface area contributed by atoms with E-state index in [-0.39, 0.29) is 11.7 Å². The zero-order valence-electron chi connectivity index (χ0n) is 14.2. The van der Waals surface area contributed by atoms with Crippen LogP contribution in [0.15, 0.2) is 29.9 Å². The van der Waals surface area contributed by atoms with Gasteiger partial charge in [0.2, 0.25) is 5.91 Å². The SMILES string of the molecule is C=CCn1c(C)nnc1SCC(=O)Nc1cc(OC)c(Cl)cc1OC. The number of allylic oxidation sites excluding steroid dienone is 1. The molecule has 25 heavy (non-hydrogen) atoms. The summed E-state index contributed by atoms with van der Waals surface area (Å²) < 4.78 is 12.3. The fraction of sp³-hybridized carbons (Fsp3) is 0.312. The summed E-state index contributed by atoms with van der Waals surface area (Å²) in [6.07, 6.45) is 1.76. The number of anilines is 1. The first kappa shape index (κ1) is 19.1. The van der Waals surface area contributed by atoms with Crippen LogP contribution in [-0.2, 0) is 11.3 Å². The Morgan fingerprint density at radius 2 is 2.08 bits per heavy atom. The summed E-state index contributed by atoms with van der Waals surface area (Å²) in [6, 6.07) is 3.21. The quantitative estimate of drug-likeness (QED) is 0.558. The number of ether oxygens (including phenoxy) is 2. The summed E-state index contributed by atoms with van der Waals surface area (Å²) >= 11 is 7.35. The number of carbonyl (C=O) groups is 1. The molecule has 7 nitrogen and oxygen atoms in total. The van der Waals surface area contributed by atoms with Gasteiger partial charge in [-0.25, -0.2) is 0 Å². The van der Waals surface area contributed by atoms with E-state index >= 15 is 0 Å². The average molecular weight is 383 g/mol. The molecule has 2 rings (SSSR count). The van der Waals surface area contributed by atoms with Crippen molar-refractivity contribution in [3.05, 3.63) is 35.6 Å². The highest BCUT2D eigenvalue weighted by atomic mass is 35.5. The molecule has 0 bridgehead atoms. The van der Waals surface area contributed by atoms with Gasteiger partial charge in [-0.1, -0.05) is 29.4 Å². The Balaban J connectivity index is 2.07. The molecule has 0 radical (unpaired) electrons. The minimum atomic E-state index is -0.210. The zero-order chi connectivity index (χ0) is 18.4. The van der Waals surface area contributed by atoms with Gasteiger partial charge < -0.3 is 19.4 Å². The number of hydrogen-bond donors (Lipinski definition) is 1. The summed E-state index contributed by atoms with van der Waals surface area (Å²) in [5.74, 6) is 1.63. The van der Waals surface area contributed by atoms with E-state index in [1.165, 1.54) is 26.0 Å².